The van der Waals surface area contributed by atoms with Crippen LogP contribution >= 0.6 is 11.6 Å². The highest BCUT2D eigenvalue weighted by molar-refractivity contribution is 6.33. The Hall–Kier alpha value is -2.53. The number of hydrogen-bond acceptors (Lipinski definition) is 3. The van der Waals surface area contributed by atoms with Gasteiger partial charge in [-0.15, -0.1) is 0 Å². The van der Waals surface area contributed by atoms with Crippen molar-refractivity contribution in [3.05, 3.63) is 58.1 Å². The molecule has 0 radical (unpaired) electrons. The van der Waals surface area contributed by atoms with Gasteiger partial charge in [-0.3, -0.25) is 9.59 Å². The van der Waals surface area contributed by atoms with Crippen LogP contribution in [-0.2, 0) is 4.79 Å². The third-order valence-corrected chi connectivity index (χ3v) is 3.96. The maximum Gasteiger partial charge on any atom is 0.251 e. The predicted molar refractivity (Wildman–Crippen MR) is 97.9 cm³/mol. The molecule has 126 valence electrons. The first kappa shape index (κ1) is 17.8. The number of benzene rings is 2. The summed E-state index contributed by atoms with van der Waals surface area (Å²) < 4.78 is 0. The van der Waals surface area contributed by atoms with Gasteiger partial charge in [0.1, 0.15) is 0 Å². The third kappa shape index (κ3) is 4.26. The van der Waals surface area contributed by atoms with Gasteiger partial charge in [0.2, 0.25) is 5.91 Å². The molecular weight excluding hydrogens is 326 g/mol. The molecule has 0 aromatic heterocycles. The van der Waals surface area contributed by atoms with Gasteiger partial charge in [0.15, 0.2) is 0 Å². The highest BCUT2D eigenvalue weighted by atomic mass is 35.5. The minimum atomic E-state index is -0.217. The van der Waals surface area contributed by atoms with Gasteiger partial charge in [0.25, 0.3) is 5.91 Å². The summed E-state index contributed by atoms with van der Waals surface area (Å²) in [6.45, 7) is 3.84. The van der Waals surface area contributed by atoms with E-state index in [1.807, 2.05) is 26.0 Å². The number of hydrogen-bond donors (Lipinski definition) is 3. The molecule has 2 aromatic rings. The first-order chi connectivity index (χ1) is 11.4. The van der Waals surface area contributed by atoms with Crippen molar-refractivity contribution in [2.75, 3.05) is 24.2 Å². The van der Waals surface area contributed by atoms with Gasteiger partial charge in [0, 0.05) is 18.3 Å². The standard InChI is InChI=1S/C18H20ClN3O2/c1-11-7-8-16(14(19)9-11)22-17(23)10-21-15-6-4-5-13(12(15)2)18(24)20-3/h4-9,21H,10H2,1-3H3,(H,20,24)(H,22,23). The second kappa shape index (κ2) is 7.84. The number of aryl methyl sites for hydroxylation is 1. The van der Waals surface area contributed by atoms with E-state index < -0.39 is 0 Å². The minimum absolute atomic E-state index is 0.0717. The molecule has 0 aliphatic rings. The zero-order chi connectivity index (χ0) is 17.7. The molecule has 0 spiro atoms. The average molecular weight is 346 g/mol. The van der Waals surface area contributed by atoms with Crippen molar-refractivity contribution in [3.63, 3.8) is 0 Å². The van der Waals surface area contributed by atoms with E-state index in [-0.39, 0.29) is 18.4 Å². The molecule has 6 heteroatoms. The van der Waals surface area contributed by atoms with Crippen LogP contribution in [0.1, 0.15) is 21.5 Å². The van der Waals surface area contributed by atoms with E-state index in [0.29, 0.717) is 16.3 Å². The third-order valence-electron chi connectivity index (χ3n) is 3.64. The molecule has 2 aromatic carbocycles. The Morgan fingerprint density at radius 1 is 1.08 bits per heavy atom. The highest BCUT2D eigenvalue weighted by Crippen LogP contribution is 2.23. The summed E-state index contributed by atoms with van der Waals surface area (Å²) in [6.07, 6.45) is 0. The number of amides is 2. The fourth-order valence-electron chi connectivity index (χ4n) is 2.30. The molecule has 0 aliphatic carbocycles. The van der Waals surface area contributed by atoms with Gasteiger partial charge in [-0.2, -0.15) is 0 Å². The fraction of sp³-hybridized carbons (Fsp3) is 0.222. The molecule has 0 saturated heterocycles. The summed E-state index contributed by atoms with van der Waals surface area (Å²) in [5.74, 6) is -0.377. The number of carbonyl (C=O) groups excluding carboxylic acids is 2. The molecule has 0 bridgehead atoms. The molecule has 0 heterocycles. The van der Waals surface area contributed by atoms with Gasteiger partial charge in [0.05, 0.1) is 17.3 Å². The van der Waals surface area contributed by atoms with Crippen LogP contribution in [0.5, 0.6) is 0 Å². The average Bonchev–Trinajstić information content (AvgIpc) is 2.56. The quantitative estimate of drug-likeness (QED) is 0.778. The summed E-state index contributed by atoms with van der Waals surface area (Å²) in [5, 5.41) is 8.91. The van der Waals surface area contributed by atoms with Gasteiger partial charge in [-0.05, 0) is 49.2 Å². The summed E-state index contributed by atoms with van der Waals surface area (Å²) >= 11 is 6.11. The van der Waals surface area contributed by atoms with E-state index in [4.69, 9.17) is 11.6 Å². The smallest absolute Gasteiger partial charge is 0.251 e. The lowest BCUT2D eigenvalue weighted by molar-refractivity contribution is -0.114. The minimum Gasteiger partial charge on any atom is -0.376 e. The Morgan fingerprint density at radius 2 is 1.83 bits per heavy atom. The Labute approximate surface area is 146 Å². The molecule has 2 amide bonds. The van der Waals surface area contributed by atoms with E-state index in [1.165, 1.54) is 0 Å². The molecule has 3 N–H and O–H groups in total. The topological polar surface area (TPSA) is 70.2 Å². The monoisotopic (exact) mass is 345 g/mol. The number of anilines is 2. The van der Waals surface area contributed by atoms with Crippen molar-refractivity contribution < 1.29 is 9.59 Å². The lowest BCUT2D eigenvalue weighted by Gasteiger charge is -2.13. The molecule has 24 heavy (non-hydrogen) atoms. The Kier molecular flexibility index (Phi) is 5.82. The molecule has 0 atom stereocenters. The van der Waals surface area contributed by atoms with E-state index >= 15 is 0 Å². The Morgan fingerprint density at radius 3 is 2.50 bits per heavy atom. The lowest BCUT2D eigenvalue weighted by atomic mass is 10.1. The zero-order valence-corrected chi connectivity index (χ0v) is 14.6. The first-order valence-electron chi connectivity index (χ1n) is 7.54. The summed E-state index contributed by atoms with van der Waals surface area (Å²) in [4.78, 5) is 23.9. The Bertz CT molecular complexity index is 775. The van der Waals surface area contributed by atoms with Gasteiger partial charge >= 0.3 is 0 Å². The molecule has 0 saturated carbocycles. The largest absolute Gasteiger partial charge is 0.376 e. The van der Waals surface area contributed by atoms with Crippen LogP contribution in [-0.4, -0.2) is 25.4 Å². The van der Waals surface area contributed by atoms with Crippen molar-refractivity contribution in [2.24, 2.45) is 0 Å². The molecule has 0 aliphatic heterocycles. The normalized spacial score (nSPS) is 10.2. The first-order valence-corrected chi connectivity index (χ1v) is 7.91. The Balaban J connectivity index is 2.03. The van der Waals surface area contributed by atoms with Crippen molar-refractivity contribution in [1.29, 1.82) is 0 Å². The number of rotatable bonds is 5. The second-order valence-electron chi connectivity index (χ2n) is 5.44. The van der Waals surface area contributed by atoms with Gasteiger partial charge < -0.3 is 16.0 Å². The van der Waals surface area contributed by atoms with Crippen LogP contribution in [0, 0.1) is 13.8 Å². The van der Waals surface area contributed by atoms with E-state index in [2.05, 4.69) is 16.0 Å². The summed E-state index contributed by atoms with van der Waals surface area (Å²) in [6, 6.07) is 10.8. The van der Waals surface area contributed by atoms with Crippen LogP contribution in [0.2, 0.25) is 5.02 Å². The highest BCUT2D eigenvalue weighted by Gasteiger charge is 2.11. The van der Waals surface area contributed by atoms with E-state index in [1.54, 1.807) is 31.3 Å². The van der Waals surface area contributed by atoms with Crippen LogP contribution < -0.4 is 16.0 Å². The summed E-state index contributed by atoms with van der Waals surface area (Å²) in [5.41, 5.74) is 3.70. The second-order valence-corrected chi connectivity index (χ2v) is 5.85. The van der Waals surface area contributed by atoms with Crippen LogP contribution in [0.25, 0.3) is 0 Å². The number of nitrogens with one attached hydrogen (secondary N) is 3. The van der Waals surface area contributed by atoms with Crippen LogP contribution in [0.4, 0.5) is 11.4 Å². The van der Waals surface area contributed by atoms with Crippen molar-refractivity contribution in [2.45, 2.75) is 13.8 Å². The molecular formula is C18H20ClN3O2. The van der Waals surface area contributed by atoms with Gasteiger partial charge in [-0.25, -0.2) is 0 Å². The van der Waals surface area contributed by atoms with Crippen molar-refractivity contribution in [3.8, 4) is 0 Å². The maximum absolute atomic E-state index is 12.1. The van der Waals surface area contributed by atoms with Gasteiger partial charge in [-0.1, -0.05) is 23.7 Å². The number of halogens is 1. The van der Waals surface area contributed by atoms with Crippen molar-refractivity contribution >= 4 is 34.8 Å². The fourth-order valence-corrected chi connectivity index (χ4v) is 2.58. The maximum atomic E-state index is 12.1. The molecule has 2 rings (SSSR count). The molecule has 0 fully saturated rings. The number of carbonyl (C=O) groups is 2. The molecule has 5 nitrogen and oxygen atoms in total. The van der Waals surface area contributed by atoms with E-state index in [9.17, 15) is 9.59 Å². The lowest BCUT2D eigenvalue weighted by Crippen LogP contribution is -2.23. The van der Waals surface area contributed by atoms with Crippen LogP contribution in [0.3, 0.4) is 0 Å². The predicted octanol–water partition coefficient (Wildman–Crippen LogP) is 3.37. The zero-order valence-electron chi connectivity index (χ0n) is 13.9. The van der Waals surface area contributed by atoms with Crippen molar-refractivity contribution in [1.82, 2.24) is 5.32 Å². The molecule has 0 unspecified atom stereocenters. The van der Waals surface area contributed by atoms with Crippen LogP contribution in [0.15, 0.2) is 36.4 Å². The summed E-state index contributed by atoms with van der Waals surface area (Å²) in [7, 11) is 1.58. The SMILES string of the molecule is CNC(=O)c1cccc(NCC(=O)Nc2ccc(C)cc2Cl)c1C. The van der Waals surface area contributed by atoms with E-state index in [0.717, 1.165) is 16.8 Å².